The fourth-order valence-corrected chi connectivity index (χ4v) is 3.74. The maximum Gasteiger partial charge on any atom is 0.308 e. The number of benzene rings is 2. The highest BCUT2D eigenvalue weighted by atomic mass is 16.5. The highest BCUT2D eigenvalue weighted by molar-refractivity contribution is 6.32. The Morgan fingerprint density at radius 3 is 2.29 bits per heavy atom. The molecule has 0 fully saturated rings. The first-order valence-electron chi connectivity index (χ1n) is 9.99. The SMILES string of the molecule is CC(=O)Oc1ccc(-n2c(C)cc(/C=C3\C(=O)N(c4ccccc4)N=C3C)c2C)cc1. The fraction of sp³-hybridized carbons (Fsp3) is 0.160. The van der Waals surface area contributed by atoms with Crippen molar-refractivity contribution in [3.63, 3.8) is 0 Å². The van der Waals surface area contributed by atoms with E-state index in [2.05, 4.69) is 9.67 Å². The van der Waals surface area contributed by atoms with E-state index in [0.717, 1.165) is 28.3 Å². The molecule has 0 saturated carbocycles. The van der Waals surface area contributed by atoms with E-state index in [0.29, 0.717) is 17.0 Å². The van der Waals surface area contributed by atoms with Crippen LogP contribution in [-0.4, -0.2) is 22.2 Å². The molecule has 1 aromatic heterocycles. The first kappa shape index (κ1) is 20.3. The Morgan fingerprint density at radius 2 is 1.65 bits per heavy atom. The van der Waals surface area contributed by atoms with Crippen LogP contribution in [0.3, 0.4) is 0 Å². The first-order valence-corrected chi connectivity index (χ1v) is 9.99. The van der Waals surface area contributed by atoms with Crippen molar-refractivity contribution < 1.29 is 14.3 Å². The maximum absolute atomic E-state index is 13.0. The minimum absolute atomic E-state index is 0.140. The van der Waals surface area contributed by atoms with Crippen LogP contribution in [0.25, 0.3) is 11.8 Å². The van der Waals surface area contributed by atoms with Crippen LogP contribution in [-0.2, 0) is 9.59 Å². The van der Waals surface area contributed by atoms with Crippen LogP contribution in [0.4, 0.5) is 5.69 Å². The Morgan fingerprint density at radius 1 is 0.968 bits per heavy atom. The minimum Gasteiger partial charge on any atom is -0.427 e. The molecule has 0 unspecified atom stereocenters. The Labute approximate surface area is 181 Å². The zero-order chi connectivity index (χ0) is 22.1. The summed E-state index contributed by atoms with van der Waals surface area (Å²) in [5.41, 5.74) is 5.94. The third-order valence-corrected chi connectivity index (χ3v) is 5.19. The van der Waals surface area contributed by atoms with Crippen molar-refractivity contribution in [2.45, 2.75) is 27.7 Å². The Bertz CT molecular complexity index is 1220. The van der Waals surface area contributed by atoms with Crippen LogP contribution >= 0.6 is 0 Å². The quantitative estimate of drug-likeness (QED) is 0.350. The molecule has 0 spiro atoms. The van der Waals surface area contributed by atoms with Gasteiger partial charge in [-0.05, 0) is 74.9 Å². The molecule has 2 aromatic carbocycles. The molecule has 6 heteroatoms. The van der Waals surface area contributed by atoms with Gasteiger partial charge in [0.2, 0.25) is 0 Å². The number of aryl methyl sites for hydroxylation is 1. The van der Waals surface area contributed by atoms with E-state index < -0.39 is 0 Å². The van der Waals surface area contributed by atoms with Crippen molar-refractivity contribution in [3.05, 3.63) is 83.2 Å². The second-order valence-corrected chi connectivity index (χ2v) is 7.45. The van der Waals surface area contributed by atoms with Crippen molar-refractivity contribution in [3.8, 4) is 11.4 Å². The lowest BCUT2D eigenvalue weighted by molar-refractivity contribution is -0.131. The van der Waals surface area contributed by atoms with Gasteiger partial charge < -0.3 is 9.30 Å². The molecular weight excluding hydrogens is 390 g/mol. The lowest BCUT2D eigenvalue weighted by atomic mass is 10.1. The van der Waals surface area contributed by atoms with Gasteiger partial charge in [-0.15, -0.1) is 0 Å². The number of esters is 1. The van der Waals surface area contributed by atoms with E-state index in [1.807, 2.05) is 75.4 Å². The number of hydrazone groups is 1. The molecule has 2 heterocycles. The van der Waals surface area contributed by atoms with E-state index in [4.69, 9.17) is 4.74 Å². The molecule has 0 radical (unpaired) electrons. The summed E-state index contributed by atoms with van der Waals surface area (Å²) in [7, 11) is 0. The van der Waals surface area contributed by atoms with Crippen LogP contribution in [0.2, 0.25) is 0 Å². The van der Waals surface area contributed by atoms with Crippen LogP contribution in [0.15, 0.2) is 71.3 Å². The average molecular weight is 413 g/mol. The molecular formula is C25H23N3O3. The first-order chi connectivity index (χ1) is 14.8. The average Bonchev–Trinajstić information content (AvgIpc) is 3.19. The summed E-state index contributed by atoms with van der Waals surface area (Å²) < 4.78 is 7.22. The summed E-state index contributed by atoms with van der Waals surface area (Å²) in [6, 6.07) is 18.8. The monoisotopic (exact) mass is 413 g/mol. The number of amides is 1. The number of hydrogen-bond acceptors (Lipinski definition) is 4. The van der Waals surface area contributed by atoms with Crippen LogP contribution in [0.5, 0.6) is 5.75 Å². The predicted molar refractivity (Wildman–Crippen MR) is 122 cm³/mol. The molecule has 1 aliphatic rings. The Balaban J connectivity index is 1.66. The van der Waals surface area contributed by atoms with E-state index in [1.165, 1.54) is 11.9 Å². The zero-order valence-corrected chi connectivity index (χ0v) is 17.9. The zero-order valence-electron chi connectivity index (χ0n) is 17.9. The number of carbonyl (C=O) groups excluding carboxylic acids is 2. The normalized spacial score (nSPS) is 14.8. The number of nitrogens with zero attached hydrogens (tertiary/aromatic N) is 3. The summed E-state index contributed by atoms with van der Waals surface area (Å²) in [5.74, 6) is 0.0162. The number of rotatable bonds is 4. The Kier molecular flexibility index (Phi) is 5.29. The second-order valence-electron chi connectivity index (χ2n) is 7.45. The highest BCUT2D eigenvalue weighted by Gasteiger charge is 2.29. The largest absolute Gasteiger partial charge is 0.427 e. The molecule has 156 valence electrons. The molecule has 31 heavy (non-hydrogen) atoms. The van der Waals surface area contributed by atoms with Gasteiger partial charge in [-0.3, -0.25) is 9.59 Å². The number of ether oxygens (including phenoxy) is 1. The predicted octanol–water partition coefficient (Wildman–Crippen LogP) is 4.83. The molecule has 1 amide bonds. The van der Waals surface area contributed by atoms with Crippen molar-refractivity contribution in [1.82, 2.24) is 4.57 Å². The topological polar surface area (TPSA) is 63.9 Å². The van der Waals surface area contributed by atoms with Crippen molar-refractivity contribution >= 4 is 29.4 Å². The van der Waals surface area contributed by atoms with Gasteiger partial charge >= 0.3 is 5.97 Å². The van der Waals surface area contributed by atoms with Gasteiger partial charge in [-0.2, -0.15) is 10.1 Å². The third-order valence-electron chi connectivity index (χ3n) is 5.19. The summed E-state index contributed by atoms with van der Waals surface area (Å²) in [4.78, 5) is 24.2. The maximum atomic E-state index is 13.0. The molecule has 3 aromatic rings. The molecule has 6 nitrogen and oxygen atoms in total. The molecule has 0 N–H and O–H groups in total. The summed E-state index contributed by atoms with van der Waals surface area (Å²) in [6.07, 6.45) is 1.90. The number of carbonyl (C=O) groups is 2. The minimum atomic E-state index is -0.349. The molecule has 4 rings (SSSR count). The molecule has 0 aliphatic carbocycles. The highest BCUT2D eigenvalue weighted by Crippen LogP contribution is 2.28. The van der Waals surface area contributed by atoms with Crippen LogP contribution < -0.4 is 9.75 Å². The number of anilines is 1. The van der Waals surface area contributed by atoms with E-state index in [1.54, 1.807) is 12.1 Å². The lowest BCUT2D eigenvalue weighted by Gasteiger charge is -2.11. The van der Waals surface area contributed by atoms with Gasteiger partial charge in [-0.25, -0.2) is 0 Å². The number of hydrogen-bond donors (Lipinski definition) is 0. The Hall–Kier alpha value is -3.93. The van der Waals surface area contributed by atoms with Crippen LogP contribution in [0, 0.1) is 13.8 Å². The standard InChI is InChI=1S/C25H23N3O3/c1-16-14-20(18(3)27(16)21-10-12-23(13-11-21)31-19(4)29)15-24-17(2)26-28(25(24)30)22-8-6-5-7-9-22/h5-15H,1-4H3/b24-15-. The van der Waals surface area contributed by atoms with E-state index >= 15 is 0 Å². The number of para-hydroxylation sites is 1. The van der Waals surface area contributed by atoms with Crippen molar-refractivity contribution in [2.24, 2.45) is 5.10 Å². The van der Waals surface area contributed by atoms with E-state index in [9.17, 15) is 9.59 Å². The van der Waals surface area contributed by atoms with Gasteiger partial charge in [0.05, 0.1) is 17.0 Å². The fourth-order valence-electron chi connectivity index (χ4n) is 3.74. The van der Waals surface area contributed by atoms with Gasteiger partial charge in [0.1, 0.15) is 5.75 Å². The summed E-state index contributed by atoms with van der Waals surface area (Å²) in [6.45, 7) is 7.25. The third kappa shape index (κ3) is 3.92. The van der Waals surface area contributed by atoms with Gasteiger partial charge in [0, 0.05) is 24.0 Å². The molecule has 0 atom stereocenters. The van der Waals surface area contributed by atoms with Gasteiger partial charge in [0.15, 0.2) is 0 Å². The van der Waals surface area contributed by atoms with Crippen molar-refractivity contribution in [1.29, 1.82) is 0 Å². The van der Waals surface area contributed by atoms with E-state index in [-0.39, 0.29) is 11.9 Å². The molecule has 0 bridgehead atoms. The molecule has 0 saturated heterocycles. The van der Waals surface area contributed by atoms with Crippen LogP contribution in [0.1, 0.15) is 30.8 Å². The number of aromatic nitrogens is 1. The lowest BCUT2D eigenvalue weighted by Crippen LogP contribution is -2.21. The van der Waals surface area contributed by atoms with Gasteiger partial charge in [0.25, 0.3) is 5.91 Å². The second kappa shape index (κ2) is 8.07. The van der Waals surface area contributed by atoms with Gasteiger partial charge in [-0.1, -0.05) is 18.2 Å². The summed E-state index contributed by atoms with van der Waals surface area (Å²) >= 11 is 0. The summed E-state index contributed by atoms with van der Waals surface area (Å²) in [5, 5.41) is 5.89. The smallest absolute Gasteiger partial charge is 0.308 e. The molecule has 1 aliphatic heterocycles. The van der Waals surface area contributed by atoms with Crippen molar-refractivity contribution in [2.75, 3.05) is 5.01 Å².